The van der Waals surface area contributed by atoms with Crippen LogP contribution in [0.1, 0.15) is 47.0 Å². The summed E-state index contributed by atoms with van der Waals surface area (Å²) in [5.41, 5.74) is -0.504. The topological polar surface area (TPSA) is 57.7 Å². The molecular weight excluding hydrogens is 264 g/mol. The van der Waals surface area contributed by atoms with Gasteiger partial charge in [-0.05, 0) is 27.2 Å². The van der Waals surface area contributed by atoms with Crippen LogP contribution in [0.25, 0.3) is 0 Å². The zero-order chi connectivity index (χ0) is 15.3. The summed E-state index contributed by atoms with van der Waals surface area (Å²) in [6, 6.07) is 0. The van der Waals surface area contributed by atoms with Crippen LogP contribution >= 0.6 is 0 Å². The van der Waals surface area contributed by atoms with Crippen molar-refractivity contribution >= 4 is 15.9 Å². The highest BCUT2D eigenvalue weighted by molar-refractivity contribution is 7.88. The van der Waals surface area contributed by atoms with Gasteiger partial charge in [0, 0.05) is 32.1 Å². The molecule has 0 heterocycles. The van der Waals surface area contributed by atoms with E-state index in [1.54, 1.807) is 11.9 Å². The highest BCUT2D eigenvalue weighted by Crippen LogP contribution is 2.17. The molecule has 0 aliphatic carbocycles. The van der Waals surface area contributed by atoms with Gasteiger partial charge in [0.1, 0.15) is 0 Å². The van der Waals surface area contributed by atoms with Crippen LogP contribution in [-0.4, -0.2) is 55.5 Å². The second kappa shape index (κ2) is 7.24. The van der Waals surface area contributed by atoms with Gasteiger partial charge in [-0.15, -0.1) is 0 Å². The number of rotatable bonds is 7. The first-order valence-corrected chi connectivity index (χ1v) is 8.56. The highest BCUT2D eigenvalue weighted by atomic mass is 32.2. The van der Waals surface area contributed by atoms with Gasteiger partial charge in [-0.25, -0.2) is 8.42 Å². The molecule has 0 unspecified atom stereocenters. The van der Waals surface area contributed by atoms with Crippen LogP contribution in [0.4, 0.5) is 0 Å². The van der Waals surface area contributed by atoms with E-state index in [1.807, 2.05) is 20.8 Å². The lowest BCUT2D eigenvalue weighted by molar-refractivity contribution is -0.130. The van der Waals surface area contributed by atoms with Gasteiger partial charge in [0.05, 0.1) is 6.26 Å². The van der Waals surface area contributed by atoms with E-state index in [1.165, 1.54) is 10.6 Å². The summed E-state index contributed by atoms with van der Waals surface area (Å²) >= 11 is 0. The summed E-state index contributed by atoms with van der Waals surface area (Å²) in [5, 5.41) is 0. The minimum atomic E-state index is -3.30. The average Bonchev–Trinajstić information content (AvgIpc) is 2.21. The fourth-order valence-corrected chi connectivity index (χ4v) is 3.32. The normalized spacial score (nSPS) is 12.8. The van der Waals surface area contributed by atoms with Crippen molar-refractivity contribution in [3.05, 3.63) is 0 Å². The summed E-state index contributed by atoms with van der Waals surface area (Å²) in [7, 11) is -1.53. The van der Waals surface area contributed by atoms with Crippen LogP contribution in [-0.2, 0) is 14.8 Å². The third-order valence-electron chi connectivity index (χ3n) is 2.95. The monoisotopic (exact) mass is 292 g/mol. The van der Waals surface area contributed by atoms with Crippen molar-refractivity contribution in [2.45, 2.75) is 52.5 Å². The van der Waals surface area contributed by atoms with Crippen molar-refractivity contribution in [3.63, 3.8) is 0 Å². The van der Waals surface area contributed by atoms with E-state index in [-0.39, 0.29) is 18.9 Å². The minimum Gasteiger partial charge on any atom is -0.346 e. The van der Waals surface area contributed by atoms with Gasteiger partial charge >= 0.3 is 0 Å². The van der Waals surface area contributed by atoms with Crippen molar-refractivity contribution in [3.8, 4) is 0 Å². The Morgan fingerprint density at radius 3 is 2.05 bits per heavy atom. The Balaban J connectivity index is 4.54. The Morgan fingerprint density at radius 2 is 1.68 bits per heavy atom. The second-order valence-corrected chi connectivity index (χ2v) is 7.83. The Morgan fingerprint density at radius 1 is 1.16 bits per heavy atom. The van der Waals surface area contributed by atoms with Crippen LogP contribution < -0.4 is 0 Å². The smallest absolute Gasteiger partial charge is 0.223 e. The lowest BCUT2D eigenvalue weighted by Crippen LogP contribution is -2.46. The molecule has 0 rings (SSSR count). The van der Waals surface area contributed by atoms with E-state index in [2.05, 4.69) is 6.92 Å². The molecule has 6 heteroatoms. The molecule has 0 spiro atoms. The summed E-state index contributed by atoms with van der Waals surface area (Å²) in [4.78, 5) is 13.6. The van der Waals surface area contributed by atoms with Crippen molar-refractivity contribution in [1.82, 2.24) is 9.21 Å². The Bertz CT molecular complexity index is 385. The molecule has 0 aliphatic heterocycles. The summed E-state index contributed by atoms with van der Waals surface area (Å²) < 4.78 is 24.8. The maximum Gasteiger partial charge on any atom is 0.223 e. The van der Waals surface area contributed by atoms with Crippen LogP contribution in [0.15, 0.2) is 0 Å². The van der Waals surface area contributed by atoms with Crippen LogP contribution in [0, 0.1) is 0 Å². The molecule has 0 aromatic carbocycles. The zero-order valence-electron chi connectivity index (χ0n) is 13.1. The molecule has 0 saturated carbocycles. The summed E-state index contributed by atoms with van der Waals surface area (Å²) in [6.45, 7) is 8.53. The molecule has 0 atom stereocenters. The quantitative estimate of drug-likeness (QED) is 0.717. The van der Waals surface area contributed by atoms with Crippen molar-refractivity contribution in [1.29, 1.82) is 0 Å². The molecule has 5 nitrogen and oxygen atoms in total. The Kier molecular flexibility index (Phi) is 7.00. The first-order chi connectivity index (χ1) is 8.50. The van der Waals surface area contributed by atoms with Gasteiger partial charge in [-0.3, -0.25) is 4.79 Å². The fraction of sp³-hybridized carbons (Fsp3) is 0.923. The minimum absolute atomic E-state index is 0.00801. The molecule has 0 aromatic rings. The van der Waals surface area contributed by atoms with E-state index in [0.29, 0.717) is 0 Å². The van der Waals surface area contributed by atoms with Gasteiger partial charge in [-0.1, -0.05) is 13.3 Å². The average molecular weight is 292 g/mol. The molecule has 114 valence electrons. The number of nitrogens with zero attached hydrogens (tertiary/aromatic N) is 2. The third-order valence-corrected chi connectivity index (χ3v) is 4.48. The van der Waals surface area contributed by atoms with Gasteiger partial charge in [-0.2, -0.15) is 4.31 Å². The molecule has 0 aromatic heterocycles. The maximum absolute atomic E-state index is 11.9. The Labute approximate surface area is 118 Å². The SMILES string of the molecule is CCCCN(C)C(=O)CCN(C(C)(C)C)S(C)(=O)=O. The molecular formula is C13H28N2O3S. The largest absolute Gasteiger partial charge is 0.346 e. The molecule has 0 radical (unpaired) electrons. The van der Waals surface area contributed by atoms with E-state index in [4.69, 9.17) is 0 Å². The number of carbonyl (C=O) groups is 1. The number of carbonyl (C=O) groups excluding carboxylic acids is 1. The predicted molar refractivity (Wildman–Crippen MR) is 78.5 cm³/mol. The van der Waals surface area contributed by atoms with E-state index >= 15 is 0 Å². The highest BCUT2D eigenvalue weighted by Gasteiger charge is 2.29. The van der Waals surface area contributed by atoms with Crippen LogP contribution in [0.2, 0.25) is 0 Å². The number of unbranched alkanes of at least 4 members (excludes halogenated alkanes) is 1. The lowest BCUT2D eigenvalue weighted by atomic mass is 10.1. The maximum atomic E-state index is 11.9. The summed E-state index contributed by atoms with van der Waals surface area (Å²) in [5.74, 6) is -0.00801. The Hall–Kier alpha value is -0.620. The second-order valence-electron chi connectivity index (χ2n) is 5.92. The van der Waals surface area contributed by atoms with Gasteiger partial charge in [0.15, 0.2) is 0 Å². The molecule has 0 saturated heterocycles. The van der Waals surface area contributed by atoms with Crippen LogP contribution in [0.5, 0.6) is 0 Å². The molecule has 19 heavy (non-hydrogen) atoms. The molecule has 0 aliphatic rings. The van der Waals surface area contributed by atoms with Gasteiger partial charge in [0.25, 0.3) is 0 Å². The van der Waals surface area contributed by atoms with E-state index in [0.717, 1.165) is 19.4 Å². The lowest BCUT2D eigenvalue weighted by Gasteiger charge is -2.33. The number of amides is 1. The van der Waals surface area contributed by atoms with Gasteiger partial charge < -0.3 is 4.90 Å². The summed E-state index contributed by atoms with van der Waals surface area (Å²) in [6.07, 6.45) is 3.42. The van der Waals surface area contributed by atoms with Crippen LogP contribution in [0.3, 0.4) is 0 Å². The standard InChI is InChI=1S/C13H28N2O3S/c1-7-8-10-14(5)12(16)9-11-15(13(2,3)4)19(6,17)18/h7-11H2,1-6H3. The van der Waals surface area contributed by atoms with E-state index in [9.17, 15) is 13.2 Å². The molecule has 1 amide bonds. The molecule has 0 fully saturated rings. The predicted octanol–water partition coefficient (Wildman–Crippen LogP) is 1.70. The zero-order valence-corrected chi connectivity index (χ0v) is 13.9. The van der Waals surface area contributed by atoms with Crippen molar-refractivity contribution in [2.24, 2.45) is 0 Å². The first kappa shape index (κ1) is 18.4. The van der Waals surface area contributed by atoms with Crippen molar-refractivity contribution in [2.75, 3.05) is 26.4 Å². The number of hydrogen-bond acceptors (Lipinski definition) is 3. The number of hydrogen-bond donors (Lipinski definition) is 0. The van der Waals surface area contributed by atoms with Crippen molar-refractivity contribution < 1.29 is 13.2 Å². The third kappa shape index (κ3) is 6.92. The molecule has 0 N–H and O–H groups in total. The number of sulfonamides is 1. The van der Waals surface area contributed by atoms with Gasteiger partial charge in [0.2, 0.25) is 15.9 Å². The van der Waals surface area contributed by atoms with E-state index < -0.39 is 15.6 Å². The molecule has 0 bridgehead atoms. The fourth-order valence-electron chi connectivity index (χ4n) is 1.91. The first-order valence-electron chi connectivity index (χ1n) is 6.72.